The zero-order valence-electron chi connectivity index (χ0n) is 8.16. The van der Waals surface area contributed by atoms with Gasteiger partial charge in [0.25, 0.3) is 0 Å². The molecule has 0 saturated heterocycles. The largest absolute Gasteiger partial charge is 0.494 e. The Morgan fingerprint density at radius 2 is 1.93 bits per heavy atom. The van der Waals surface area contributed by atoms with Gasteiger partial charge in [0.2, 0.25) is 6.43 Å². The van der Waals surface area contributed by atoms with Crippen LogP contribution in [0.3, 0.4) is 0 Å². The molecule has 1 aromatic carbocycles. The van der Waals surface area contributed by atoms with E-state index in [0.717, 1.165) is 6.29 Å². The molecule has 0 amide bonds. The van der Waals surface area contributed by atoms with E-state index in [1.54, 1.807) is 24.3 Å². The van der Waals surface area contributed by atoms with E-state index in [1.165, 1.54) is 0 Å². The number of ether oxygens (including phenoxy) is 1. The average Bonchev–Trinajstić information content (AvgIpc) is 2.25. The molecule has 0 heterocycles. The number of hydrogen-bond donors (Lipinski definition) is 0. The van der Waals surface area contributed by atoms with Gasteiger partial charge in [0.15, 0.2) is 0 Å². The molecule has 0 aliphatic heterocycles. The van der Waals surface area contributed by atoms with E-state index in [1.807, 2.05) is 0 Å². The average molecular weight is 214 g/mol. The van der Waals surface area contributed by atoms with Gasteiger partial charge in [-0.25, -0.2) is 8.78 Å². The Morgan fingerprint density at radius 1 is 1.27 bits per heavy atom. The first-order valence-corrected chi connectivity index (χ1v) is 4.68. The van der Waals surface area contributed by atoms with Gasteiger partial charge >= 0.3 is 0 Å². The molecule has 0 radical (unpaired) electrons. The maximum atomic E-state index is 11.8. The van der Waals surface area contributed by atoms with Gasteiger partial charge in [0, 0.05) is 12.0 Å². The van der Waals surface area contributed by atoms with Gasteiger partial charge in [0.05, 0.1) is 6.61 Å². The van der Waals surface area contributed by atoms with Crippen molar-refractivity contribution in [3.05, 3.63) is 29.8 Å². The van der Waals surface area contributed by atoms with E-state index in [4.69, 9.17) is 4.74 Å². The Morgan fingerprint density at radius 3 is 2.47 bits per heavy atom. The molecular formula is C11H12F2O2. The van der Waals surface area contributed by atoms with Crippen LogP contribution in [0.25, 0.3) is 0 Å². The molecule has 1 aromatic rings. The summed E-state index contributed by atoms with van der Waals surface area (Å²) in [6.45, 7) is 0.269. The number of carbonyl (C=O) groups excluding carboxylic acids is 1. The third-order valence-electron chi connectivity index (χ3n) is 1.85. The van der Waals surface area contributed by atoms with Crippen LogP contribution in [0.15, 0.2) is 24.3 Å². The predicted molar refractivity (Wildman–Crippen MR) is 52.6 cm³/mol. The van der Waals surface area contributed by atoms with Crippen molar-refractivity contribution in [3.8, 4) is 5.75 Å². The van der Waals surface area contributed by atoms with E-state index in [-0.39, 0.29) is 13.0 Å². The van der Waals surface area contributed by atoms with Gasteiger partial charge in [-0.15, -0.1) is 0 Å². The fourth-order valence-electron chi connectivity index (χ4n) is 1.07. The van der Waals surface area contributed by atoms with Crippen molar-refractivity contribution in [1.82, 2.24) is 0 Å². The minimum Gasteiger partial charge on any atom is -0.494 e. The summed E-state index contributed by atoms with van der Waals surface area (Å²) in [5, 5.41) is 0. The molecule has 1 rings (SSSR count). The predicted octanol–water partition coefficient (Wildman–Crippen LogP) is 2.92. The maximum Gasteiger partial charge on any atom is 0.238 e. The summed E-state index contributed by atoms with van der Waals surface area (Å²) >= 11 is 0. The van der Waals surface area contributed by atoms with Gasteiger partial charge in [-0.2, -0.15) is 0 Å². The number of halogens is 2. The molecule has 2 nitrogen and oxygen atoms in total. The molecule has 0 atom stereocenters. The second kappa shape index (κ2) is 6.11. The smallest absolute Gasteiger partial charge is 0.238 e. The van der Waals surface area contributed by atoms with Gasteiger partial charge in [0.1, 0.15) is 12.0 Å². The Hall–Kier alpha value is -1.45. The van der Waals surface area contributed by atoms with E-state index >= 15 is 0 Å². The van der Waals surface area contributed by atoms with E-state index in [0.29, 0.717) is 17.7 Å². The quantitative estimate of drug-likeness (QED) is 0.537. The number of rotatable bonds is 6. The molecule has 0 spiro atoms. The van der Waals surface area contributed by atoms with E-state index < -0.39 is 6.43 Å². The topological polar surface area (TPSA) is 26.3 Å². The lowest BCUT2D eigenvalue weighted by atomic mass is 10.2. The third kappa shape index (κ3) is 4.54. The molecule has 0 saturated carbocycles. The highest BCUT2D eigenvalue weighted by Gasteiger charge is 2.01. The normalized spacial score (nSPS) is 10.3. The zero-order chi connectivity index (χ0) is 11.1. The fraction of sp³-hybridized carbons (Fsp3) is 0.364. The molecule has 15 heavy (non-hydrogen) atoms. The minimum absolute atomic E-state index is 0.146. The third-order valence-corrected chi connectivity index (χ3v) is 1.85. The molecule has 0 unspecified atom stereocenters. The van der Waals surface area contributed by atoms with E-state index in [9.17, 15) is 13.6 Å². The molecule has 4 heteroatoms. The van der Waals surface area contributed by atoms with Crippen molar-refractivity contribution in [2.45, 2.75) is 19.3 Å². The van der Waals surface area contributed by atoms with Crippen LogP contribution in [0.1, 0.15) is 23.2 Å². The first kappa shape index (κ1) is 11.6. The Bertz CT molecular complexity index is 296. The Balaban J connectivity index is 2.28. The highest BCUT2D eigenvalue weighted by molar-refractivity contribution is 5.74. The van der Waals surface area contributed by atoms with Gasteiger partial charge in [-0.3, -0.25) is 4.79 Å². The molecule has 0 N–H and O–H groups in total. The highest BCUT2D eigenvalue weighted by Crippen LogP contribution is 2.12. The standard InChI is InChI=1S/C11H12F2O2/c12-11(13)2-1-7-15-10-5-3-9(8-14)4-6-10/h3-6,8,11H,1-2,7H2. The second-order valence-corrected chi connectivity index (χ2v) is 3.07. The first-order chi connectivity index (χ1) is 7.22. The fourth-order valence-corrected chi connectivity index (χ4v) is 1.07. The minimum atomic E-state index is -2.27. The molecular weight excluding hydrogens is 202 g/mol. The number of benzene rings is 1. The van der Waals surface area contributed by atoms with Crippen molar-refractivity contribution in [1.29, 1.82) is 0 Å². The van der Waals surface area contributed by atoms with Crippen LogP contribution in [-0.4, -0.2) is 19.3 Å². The van der Waals surface area contributed by atoms with Gasteiger partial charge in [-0.05, 0) is 30.7 Å². The van der Waals surface area contributed by atoms with Crippen molar-refractivity contribution in [2.75, 3.05) is 6.61 Å². The SMILES string of the molecule is O=Cc1ccc(OCCCC(F)F)cc1. The molecule has 0 aliphatic rings. The summed E-state index contributed by atoms with van der Waals surface area (Å²) in [4.78, 5) is 10.3. The van der Waals surface area contributed by atoms with Crippen molar-refractivity contribution in [2.24, 2.45) is 0 Å². The van der Waals surface area contributed by atoms with Gasteiger partial charge < -0.3 is 4.74 Å². The summed E-state index contributed by atoms with van der Waals surface area (Å²) < 4.78 is 28.7. The lowest BCUT2D eigenvalue weighted by Gasteiger charge is -2.05. The highest BCUT2D eigenvalue weighted by atomic mass is 19.3. The number of carbonyl (C=O) groups is 1. The summed E-state index contributed by atoms with van der Waals surface area (Å²) in [7, 11) is 0. The number of aldehydes is 1. The molecule has 82 valence electrons. The maximum absolute atomic E-state index is 11.8. The summed E-state index contributed by atoms with van der Waals surface area (Å²) in [6.07, 6.45) is -1.36. The van der Waals surface area contributed by atoms with Crippen LogP contribution in [-0.2, 0) is 0 Å². The van der Waals surface area contributed by atoms with Crippen LogP contribution in [0.2, 0.25) is 0 Å². The molecule has 0 aliphatic carbocycles. The van der Waals surface area contributed by atoms with Crippen molar-refractivity contribution in [3.63, 3.8) is 0 Å². The van der Waals surface area contributed by atoms with E-state index in [2.05, 4.69) is 0 Å². The lowest BCUT2D eigenvalue weighted by molar-refractivity contribution is 0.112. The molecule has 0 bridgehead atoms. The summed E-state index contributed by atoms with van der Waals surface area (Å²) in [5.41, 5.74) is 0.565. The zero-order valence-corrected chi connectivity index (χ0v) is 8.16. The van der Waals surface area contributed by atoms with Crippen molar-refractivity contribution >= 4 is 6.29 Å². The first-order valence-electron chi connectivity index (χ1n) is 4.68. The summed E-state index contributed by atoms with van der Waals surface area (Å²) in [5.74, 6) is 0.592. The summed E-state index contributed by atoms with van der Waals surface area (Å²) in [6, 6.07) is 6.53. The Kier molecular flexibility index (Phi) is 4.74. The van der Waals surface area contributed by atoms with Gasteiger partial charge in [-0.1, -0.05) is 0 Å². The van der Waals surface area contributed by atoms with Crippen LogP contribution in [0.4, 0.5) is 8.78 Å². The molecule has 0 fully saturated rings. The lowest BCUT2D eigenvalue weighted by Crippen LogP contribution is -2.00. The molecule has 0 aromatic heterocycles. The van der Waals surface area contributed by atoms with Crippen LogP contribution in [0, 0.1) is 0 Å². The van der Waals surface area contributed by atoms with Crippen LogP contribution < -0.4 is 4.74 Å². The van der Waals surface area contributed by atoms with Crippen LogP contribution in [0.5, 0.6) is 5.75 Å². The monoisotopic (exact) mass is 214 g/mol. The number of hydrogen-bond acceptors (Lipinski definition) is 2. The Labute approximate surface area is 86.9 Å². The number of alkyl halides is 2. The second-order valence-electron chi connectivity index (χ2n) is 3.07. The van der Waals surface area contributed by atoms with Crippen molar-refractivity contribution < 1.29 is 18.3 Å². The van der Waals surface area contributed by atoms with Crippen LogP contribution >= 0.6 is 0 Å².